The van der Waals surface area contributed by atoms with Crippen LogP contribution in [0.25, 0.3) is 0 Å². The summed E-state index contributed by atoms with van der Waals surface area (Å²) >= 11 is 0. The zero-order chi connectivity index (χ0) is 12.3. The van der Waals surface area contributed by atoms with Gasteiger partial charge in [-0.05, 0) is 31.6 Å². The molecule has 1 aliphatic heterocycles. The Balaban J connectivity index is 2.38. The van der Waals surface area contributed by atoms with Gasteiger partial charge in [-0.25, -0.2) is 0 Å². The number of aromatic hydroxyl groups is 1. The standard InChI is InChI=1S/C14H16O3/c1-10-4-2-3-7-17-14-9-11(15)5-6-12(14)13(16)8-10/h2-6,9,13,15-16H,7-8H2,1H3/b3-2-,10-4-. The maximum absolute atomic E-state index is 10.1. The van der Waals surface area contributed by atoms with Crippen LogP contribution in [0.15, 0.2) is 42.0 Å². The summed E-state index contributed by atoms with van der Waals surface area (Å²) < 4.78 is 5.51. The van der Waals surface area contributed by atoms with Gasteiger partial charge in [0.1, 0.15) is 18.1 Å². The number of phenolic OH excluding ortho intramolecular Hbond substituents is 1. The molecule has 0 bridgehead atoms. The van der Waals surface area contributed by atoms with Gasteiger partial charge in [-0.2, -0.15) is 0 Å². The Morgan fingerprint density at radius 2 is 2.18 bits per heavy atom. The van der Waals surface area contributed by atoms with Crippen molar-refractivity contribution in [3.8, 4) is 11.5 Å². The molecule has 1 atom stereocenters. The second kappa shape index (κ2) is 5.06. The van der Waals surface area contributed by atoms with Crippen LogP contribution in [0.1, 0.15) is 25.0 Å². The normalized spacial score (nSPS) is 25.1. The van der Waals surface area contributed by atoms with Gasteiger partial charge in [0.2, 0.25) is 0 Å². The fourth-order valence-electron chi connectivity index (χ4n) is 1.83. The van der Waals surface area contributed by atoms with Crippen molar-refractivity contribution in [1.29, 1.82) is 0 Å². The van der Waals surface area contributed by atoms with Crippen LogP contribution in [0, 0.1) is 0 Å². The number of benzene rings is 1. The number of ether oxygens (including phenoxy) is 1. The fraction of sp³-hybridized carbons (Fsp3) is 0.286. The van der Waals surface area contributed by atoms with E-state index in [1.54, 1.807) is 12.1 Å². The summed E-state index contributed by atoms with van der Waals surface area (Å²) in [5.74, 6) is 0.682. The van der Waals surface area contributed by atoms with Crippen LogP contribution in [0.2, 0.25) is 0 Å². The Labute approximate surface area is 101 Å². The van der Waals surface area contributed by atoms with Gasteiger partial charge in [0.25, 0.3) is 0 Å². The zero-order valence-corrected chi connectivity index (χ0v) is 9.76. The van der Waals surface area contributed by atoms with Gasteiger partial charge in [-0.1, -0.05) is 17.7 Å². The summed E-state index contributed by atoms with van der Waals surface area (Å²) in [5, 5.41) is 19.5. The molecule has 0 saturated heterocycles. The van der Waals surface area contributed by atoms with Crippen LogP contribution in [0.5, 0.6) is 11.5 Å². The third-order valence-electron chi connectivity index (χ3n) is 2.72. The number of rotatable bonds is 0. The number of fused-ring (bicyclic) bond motifs is 1. The molecule has 1 aromatic rings. The molecule has 0 saturated carbocycles. The van der Waals surface area contributed by atoms with Gasteiger partial charge >= 0.3 is 0 Å². The zero-order valence-electron chi connectivity index (χ0n) is 9.76. The van der Waals surface area contributed by atoms with E-state index in [1.165, 1.54) is 6.07 Å². The summed E-state index contributed by atoms with van der Waals surface area (Å²) in [6.45, 7) is 2.41. The molecule has 0 radical (unpaired) electrons. The van der Waals surface area contributed by atoms with Crippen molar-refractivity contribution in [2.24, 2.45) is 0 Å². The average Bonchev–Trinajstić information content (AvgIpc) is 2.28. The van der Waals surface area contributed by atoms with Crippen molar-refractivity contribution in [3.05, 3.63) is 47.6 Å². The number of phenols is 1. The average molecular weight is 232 g/mol. The molecule has 1 aromatic carbocycles. The largest absolute Gasteiger partial charge is 0.508 e. The molecule has 2 N–H and O–H groups in total. The van der Waals surface area contributed by atoms with Gasteiger partial charge in [-0.3, -0.25) is 0 Å². The van der Waals surface area contributed by atoms with Gasteiger partial charge < -0.3 is 14.9 Å². The lowest BCUT2D eigenvalue weighted by molar-refractivity contribution is 0.172. The van der Waals surface area contributed by atoms with Crippen molar-refractivity contribution in [2.75, 3.05) is 6.61 Å². The van der Waals surface area contributed by atoms with E-state index in [4.69, 9.17) is 4.74 Å². The summed E-state index contributed by atoms with van der Waals surface area (Å²) in [6.07, 6.45) is 5.74. The van der Waals surface area contributed by atoms with Crippen LogP contribution in [0.3, 0.4) is 0 Å². The summed E-state index contributed by atoms with van der Waals surface area (Å²) in [6, 6.07) is 4.80. The maximum atomic E-state index is 10.1. The minimum atomic E-state index is -0.603. The smallest absolute Gasteiger partial charge is 0.129 e. The quantitative estimate of drug-likeness (QED) is 0.723. The second-order valence-corrected chi connectivity index (χ2v) is 4.19. The minimum Gasteiger partial charge on any atom is -0.508 e. The van der Waals surface area contributed by atoms with Crippen LogP contribution < -0.4 is 4.74 Å². The highest BCUT2D eigenvalue weighted by Gasteiger charge is 2.15. The molecule has 3 heteroatoms. The number of allylic oxidation sites excluding steroid dienone is 2. The molecule has 1 unspecified atom stereocenters. The van der Waals surface area contributed by atoms with Gasteiger partial charge in [-0.15, -0.1) is 0 Å². The maximum Gasteiger partial charge on any atom is 0.129 e. The lowest BCUT2D eigenvalue weighted by Crippen LogP contribution is -2.04. The number of hydrogen-bond donors (Lipinski definition) is 2. The van der Waals surface area contributed by atoms with E-state index >= 15 is 0 Å². The first kappa shape index (κ1) is 11.7. The SMILES string of the molecule is C/C1=C/C=C\COc2cc(O)ccc2C(O)C1. The Hall–Kier alpha value is -1.74. The first-order valence-electron chi connectivity index (χ1n) is 5.63. The first-order chi connectivity index (χ1) is 8.16. The van der Waals surface area contributed by atoms with E-state index in [1.807, 2.05) is 25.2 Å². The topological polar surface area (TPSA) is 49.7 Å². The number of aliphatic hydroxyl groups excluding tert-OH is 1. The van der Waals surface area contributed by atoms with Crippen molar-refractivity contribution in [2.45, 2.75) is 19.4 Å². The Kier molecular flexibility index (Phi) is 3.49. The number of aliphatic hydroxyl groups is 1. The summed E-state index contributed by atoms with van der Waals surface area (Å²) in [5.41, 5.74) is 1.82. The molecular weight excluding hydrogens is 216 g/mol. The molecule has 90 valence electrons. The predicted octanol–water partition coefficient (Wildman–Crippen LogP) is 2.71. The predicted molar refractivity (Wildman–Crippen MR) is 66.1 cm³/mol. The van der Waals surface area contributed by atoms with Gasteiger partial charge in [0, 0.05) is 11.6 Å². The molecular formula is C14H16O3. The molecule has 0 aromatic heterocycles. The van der Waals surface area contributed by atoms with Gasteiger partial charge in [0.15, 0.2) is 0 Å². The van der Waals surface area contributed by atoms with Crippen LogP contribution in [-0.2, 0) is 0 Å². The molecule has 0 aliphatic carbocycles. The van der Waals surface area contributed by atoms with Gasteiger partial charge in [0.05, 0.1) is 6.10 Å². The summed E-state index contributed by atoms with van der Waals surface area (Å²) in [4.78, 5) is 0. The molecule has 0 amide bonds. The molecule has 0 fully saturated rings. The van der Waals surface area contributed by atoms with Crippen molar-refractivity contribution < 1.29 is 14.9 Å². The molecule has 1 heterocycles. The molecule has 0 spiro atoms. The minimum absolute atomic E-state index is 0.143. The van der Waals surface area contributed by atoms with Crippen molar-refractivity contribution in [3.63, 3.8) is 0 Å². The van der Waals surface area contributed by atoms with E-state index in [2.05, 4.69) is 0 Å². The lowest BCUT2D eigenvalue weighted by Gasteiger charge is -2.17. The molecule has 17 heavy (non-hydrogen) atoms. The van der Waals surface area contributed by atoms with E-state index in [0.29, 0.717) is 24.3 Å². The monoisotopic (exact) mass is 232 g/mol. The Bertz CT molecular complexity index is 461. The Morgan fingerprint density at radius 3 is 3.00 bits per heavy atom. The molecule has 2 rings (SSSR count). The van der Waals surface area contributed by atoms with Crippen LogP contribution >= 0.6 is 0 Å². The van der Waals surface area contributed by atoms with Crippen LogP contribution in [-0.4, -0.2) is 16.8 Å². The van der Waals surface area contributed by atoms with E-state index in [-0.39, 0.29) is 5.75 Å². The highest BCUT2D eigenvalue weighted by atomic mass is 16.5. The van der Waals surface area contributed by atoms with Crippen molar-refractivity contribution in [1.82, 2.24) is 0 Å². The Morgan fingerprint density at radius 1 is 1.35 bits per heavy atom. The van der Waals surface area contributed by atoms with E-state index in [9.17, 15) is 10.2 Å². The fourth-order valence-corrected chi connectivity index (χ4v) is 1.83. The number of hydrogen-bond acceptors (Lipinski definition) is 3. The highest BCUT2D eigenvalue weighted by Crippen LogP contribution is 2.32. The first-order valence-corrected chi connectivity index (χ1v) is 5.63. The third-order valence-corrected chi connectivity index (χ3v) is 2.72. The van der Waals surface area contributed by atoms with E-state index < -0.39 is 6.10 Å². The van der Waals surface area contributed by atoms with Crippen LogP contribution in [0.4, 0.5) is 0 Å². The summed E-state index contributed by atoms with van der Waals surface area (Å²) in [7, 11) is 0. The lowest BCUT2D eigenvalue weighted by atomic mass is 10.0. The molecule has 1 aliphatic rings. The highest BCUT2D eigenvalue weighted by molar-refractivity contribution is 5.42. The third kappa shape index (κ3) is 2.88. The molecule has 3 nitrogen and oxygen atoms in total. The second-order valence-electron chi connectivity index (χ2n) is 4.19. The van der Waals surface area contributed by atoms with Crippen molar-refractivity contribution >= 4 is 0 Å². The van der Waals surface area contributed by atoms with E-state index in [0.717, 1.165) is 5.57 Å².